The molecule has 1 aromatic carbocycles. The number of aliphatic hydroxyl groups excluding tert-OH is 1. The third-order valence-electron chi connectivity index (χ3n) is 2.53. The molecule has 86 valence electrons. The molecule has 16 heavy (non-hydrogen) atoms. The van der Waals surface area contributed by atoms with E-state index in [0.717, 1.165) is 4.90 Å². The van der Waals surface area contributed by atoms with E-state index >= 15 is 0 Å². The minimum absolute atomic E-state index is 0. The van der Waals surface area contributed by atoms with Gasteiger partial charge in [0.1, 0.15) is 0 Å². The van der Waals surface area contributed by atoms with Crippen LogP contribution in [0.25, 0.3) is 0 Å². The normalized spacial score (nSPS) is 15.8. The summed E-state index contributed by atoms with van der Waals surface area (Å²) in [5.41, 5.74) is 0.839. The van der Waals surface area contributed by atoms with E-state index < -0.39 is 6.04 Å². The van der Waals surface area contributed by atoms with Gasteiger partial charge in [0.2, 0.25) is 0 Å². The largest absolute Gasteiger partial charge is 0.394 e. The van der Waals surface area contributed by atoms with Crippen LogP contribution in [0.1, 0.15) is 27.6 Å². The van der Waals surface area contributed by atoms with Gasteiger partial charge in [0.25, 0.3) is 11.8 Å². The first-order valence-corrected chi connectivity index (χ1v) is 4.74. The summed E-state index contributed by atoms with van der Waals surface area (Å²) in [5, 5.41) is 8.96. The molecule has 0 saturated heterocycles. The van der Waals surface area contributed by atoms with Gasteiger partial charge in [-0.2, -0.15) is 13.5 Å². The van der Waals surface area contributed by atoms with Gasteiger partial charge in [-0.3, -0.25) is 14.5 Å². The maximum atomic E-state index is 11.8. The zero-order valence-corrected chi connectivity index (χ0v) is 9.80. The van der Waals surface area contributed by atoms with Crippen molar-refractivity contribution >= 4 is 25.3 Å². The van der Waals surface area contributed by atoms with Crippen LogP contribution in [0.5, 0.6) is 0 Å². The zero-order chi connectivity index (χ0) is 11.0. The molecule has 1 aromatic rings. The smallest absolute Gasteiger partial charge is 0.261 e. The van der Waals surface area contributed by atoms with Gasteiger partial charge < -0.3 is 5.11 Å². The highest BCUT2D eigenvalue weighted by molar-refractivity contribution is 7.59. The van der Waals surface area contributed by atoms with Crippen molar-refractivity contribution in [2.24, 2.45) is 0 Å². The van der Waals surface area contributed by atoms with E-state index in [2.05, 4.69) is 0 Å². The number of aliphatic hydroxyl groups is 1. The van der Waals surface area contributed by atoms with Crippen LogP contribution in [0, 0.1) is 0 Å². The molecular weight excluding hydrogens is 226 g/mol. The lowest BCUT2D eigenvalue weighted by Gasteiger charge is -2.19. The molecule has 1 N–H and O–H groups in total. The van der Waals surface area contributed by atoms with Crippen LogP contribution in [0.4, 0.5) is 0 Å². The molecule has 1 aliphatic rings. The van der Waals surface area contributed by atoms with Crippen LogP contribution in [-0.2, 0) is 0 Å². The topological polar surface area (TPSA) is 57.6 Å². The fraction of sp³-hybridized carbons (Fsp3) is 0.273. The lowest BCUT2D eigenvalue weighted by Crippen LogP contribution is -2.40. The molecule has 0 spiro atoms. The van der Waals surface area contributed by atoms with Crippen LogP contribution in [0.15, 0.2) is 24.3 Å². The van der Waals surface area contributed by atoms with Gasteiger partial charge in [-0.15, -0.1) is 0 Å². The van der Waals surface area contributed by atoms with E-state index in [1.807, 2.05) is 0 Å². The molecule has 4 nitrogen and oxygen atoms in total. The van der Waals surface area contributed by atoms with Gasteiger partial charge in [-0.1, -0.05) is 12.1 Å². The van der Waals surface area contributed by atoms with E-state index in [1.165, 1.54) is 0 Å². The first kappa shape index (κ1) is 12.7. The average Bonchev–Trinajstić information content (AvgIpc) is 2.52. The summed E-state index contributed by atoms with van der Waals surface area (Å²) in [5.74, 6) is -0.644. The van der Waals surface area contributed by atoms with Crippen molar-refractivity contribution in [1.29, 1.82) is 0 Å². The number of carbonyl (C=O) groups excluding carboxylic acids is 2. The quantitative estimate of drug-likeness (QED) is 0.776. The number of rotatable bonds is 2. The van der Waals surface area contributed by atoms with Crippen LogP contribution in [0.3, 0.4) is 0 Å². The minimum Gasteiger partial charge on any atom is -0.394 e. The Hall–Kier alpha value is -1.33. The number of carbonyl (C=O) groups is 2. The number of benzene rings is 1. The van der Waals surface area contributed by atoms with Crippen molar-refractivity contribution in [2.45, 2.75) is 13.0 Å². The minimum atomic E-state index is -0.475. The first-order chi connectivity index (χ1) is 7.16. The Balaban J connectivity index is 0.00000128. The fourth-order valence-corrected chi connectivity index (χ4v) is 1.69. The summed E-state index contributed by atoms with van der Waals surface area (Å²) in [6, 6.07) is 6.21. The van der Waals surface area contributed by atoms with Crippen molar-refractivity contribution in [3.63, 3.8) is 0 Å². The Morgan fingerprint density at radius 2 is 1.62 bits per heavy atom. The highest BCUT2D eigenvalue weighted by Crippen LogP contribution is 2.23. The zero-order valence-electron chi connectivity index (χ0n) is 8.80. The van der Waals surface area contributed by atoms with E-state index in [0.29, 0.717) is 11.1 Å². The molecule has 0 fully saturated rings. The van der Waals surface area contributed by atoms with Crippen molar-refractivity contribution in [1.82, 2.24) is 4.90 Å². The van der Waals surface area contributed by atoms with Gasteiger partial charge in [0.05, 0.1) is 23.8 Å². The van der Waals surface area contributed by atoms with Gasteiger partial charge in [-0.05, 0) is 19.1 Å². The summed E-state index contributed by atoms with van der Waals surface area (Å²) in [6.45, 7) is 1.42. The predicted octanol–water partition coefficient (Wildman–Crippen LogP) is 0.776. The predicted molar refractivity (Wildman–Crippen MR) is 63.9 cm³/mol. The first-order valence-electron chi connectivity index (χ1n) is 4.74. The standard InChI is InChI=1S/C11H11NO3.H2S/c1-7(6-13)12-10(14)8-4-2-3-5-9(8)11(12)15;/h2-5,7,13H,6H2,1H3;1H2/t7-;/m0./s1. The van der Waals surface area contributed by atoms with Gasteiger partial charge in [0, 0.05) is 0 Å². The molecule has 1 atom stereocenters. The maximum absolute atomic E-state index is 11.8. The van der Waals surface area contributed by atoms with E-state index in [9.17, 15) is 9.59 Å². The number of hydrogen-bond acceptors (Lipinski definition) is 3. The Morgan fingerprint density at radius 3 is 2.00 bits per heavy atom. The Bertz CT molecular complexity index is 398. The molecule has 2 rings (SSSR count). The number of imide groups is 1. The summed E-state index contributed by atoms with van der Waals surface area (Å²) >= 11 is 0. The molecular formula is C11H13NO3S. The van der Waals surface area contributed by atoms with Crippen molar-refractivity contribution < 1.29 is 14.7 Å². The van der Waals surface area contributed by atoms with Crippen LogP contribution < -0.4 is 0 Å². The summed E-state index contributed by atoms with van der Waals surface area (Å²) in [6.07, 6.45) is 0. The molecule has 0 saturated carbocycles. The SMILES string of the molecule is C[C@@H](CO)N1C(=O)c2ccccc2C1=O.S. The van der Waals surface area contributed by atoms with E-state index in [1.54, 1.807) is 31.2 Å². The molecule has 0 radical (unpaired) electrons. The third-order valence-corrected chi connectivity index (χ3v) is 2.53. The number of fused-ring (bicyclic) bond motifs is 1. The molecule has 1 heterocycles. The van der Waals surface area contributed by atoms with Crippen molar-refractivity contribution in [3.8, 4) is 0 Å². The highest BCUT2D eigenvalue weighted by atomic mass is 32.1. The highest BCUT2D eigenvalue weighted by Gasteiger charge is 2.37. The number of nitrogens with zero attached hydrogens (tertiary/aromatic N) is 1. The van der Waals surface area contributed by atoms with E-state index in [4.69, 9.17) is 5.11 Å². The molecule has 5 heteroatoms. The Labute approximate surface area is 100 Å². The third kappa shape index (κ3) is 1.72. The lowest BCUT2D eigenvalue weighted by atomic mass is 10.1. The van der Waals surface area contributed by atoms with Gasteiger partial charge in [-0.25, -0.2) is 0 Å². The second kappa shape index (κ2) is 4.67. The number of amides is 2. The van der Waals surface area contributed by atoms with Crippen LogP contribution in [-0.4, -0.2) is 34.5 Å². The summed E-state index contributed by atoms with van der Waals surface area (Å²) in [4.78, 5) is 24.7. The maximum Gasteiger partial charge on any atom is 0.261 e. The molecule has 0 bridgehead atoms. The lowest BCUT2D eigenvalue weighted by molar-refractivity contribution is 0.0537. The van der Waals surface area contributed by atoms with E-state index in [-0.39, 0.29) is 31.9 Å². The number of hydrogen-bond donors (Lipinski definition) is 1. The molecule has 0 aliphatic carbocycles. The Morgan fingerprint density at radius 1 is 1.19 bits per heavy atom. The van der Waals surface area contributed by atoms with Crippen LogP contribution in [0.2, 0.25) is 0 Å². The molecule has 0 aromatic heterocycles. The van der Waals surface area contributed by atoms with Gasteiger partial charge >= 0.3 is 0 Å². The van der Waals surface area contributed by atoms with Crippen molar-refractivity contribution in [2.75, 3.05) is 6.61 Å². The average molecular weight is 239 g/mol. The molecule has 1 aliphatic heterocycles. The summed E-state index contributed by atoms with van der Waals surface area (Å²) < 4.78 is 0. The van der Waals surface area contributed by atoms with Crippen molar-refractivity contribution in [3.05, 3.63) is 35.4 Å². The monoisotopic (exact) mass is 239 g/mol. The molecule has 2 amide bonds. The van der Waals surface area contributed by atoms with Gasteiger partial charge in [0.15, 0.2) is 0 Å². The second-order valence-corrected chi connectivity index (χ2v) is 3.56. The van der Waals surface area contributed by atoms with Crippen LogP contribution >= 0.6 is 13.5 Å². The Kier molecular flexibility index (Phi) is 3.72. The molecule has 0 unspecified atom stereocenters. The second-order valence-electron chi connectivity index (χ2n) is 3.56. The fourth-order valence-electron chi connectivity index (χ4n) is 1.69. The summed E-state index contributed by atoms with van der Waals surface area (Å²) in [7, 11) is 0.